The van der Waals surface area contributed by atoms with Gasteiger partial charge in [-0.3, -0.25) is 0 Å². The third kappa shape index (κ3) is 2.51. The summed E-state index contributed by atoms with van der Waals surface area (Å²) in [6.07, 6.45) is -0.795. The number of alkyl halides is 1. The Morgan fingerprint density at radius 3 is 2.00 bits per heavy atom. The Bertz CT molecular complexity index is 354. The third-order valence-corrected chi connectivity index (χ3v) is 2.53. The number of rotatable bonds is 5. The number of hydrogen-bond donors (Lipinski definition) is 1. The van der Waals surface area contributed by atoms with Gasteiger partial charge >= 0.3 is 0 Å². The first-order valence-electron chi connectivity index (χ1n) is 4.71. The van der Waals surface area contributed by atoms with Gasteiger partial charge in [0.25, 0.3) is 0 Å². The van der Waals surface area contributed by atoms with E-state index in [0.29, 0.717) is 22.8 Å². The maximum absolute atomic E-state index is 9.72. The molecule has 0 fully saturated rings. The van der Waals surface area contributed by atoms with Crippen LogP contribution in [0.4, 0.5) is 0 Å². The molecule has 4 nitrogen and oxygen atoms in total. The Kier molecular flexibility index (Phi) is 4.71. The lowest BCUT2D eigenvalue weighted by molar-refractivity contribution is 0.196. The molecule has 16 heavy (non-hydrogen) atoms. The fraction of sp³-hybridized carbons (Fsp3) is 0.455. The van der Waals surface area contributed by atoms with Gasteiger partial charge in [-0.2, -0.15) is 0 Å². The molecule has 0 radical (unpaired) electrons. The van der Waals surface area contributed by atoms with Crippen molar-refractivity contribution < 1.29 is 19.3 Å². The highest BCUT2D eigenvalue weighted by Gasteiger charge is 2.17. The predicted molar refractivity (Wildman–Crippen MR) is 61.8 cm³/mol. The summed E-state index contributed by atoms with van der Waals surface area (Å²) in [5.41, 5.74) is 0.579. The van der Waals surface area contributed by atoms with Crippen LogP contribution >= 0.6 is 11.6 Å². The Morgan fingerprint density at radius 2 is 1.56 bits per heavy atom. The zero-order valence-corrected chi connectivity index (χ0v) is 10.2. The molecular formula is C11H15ClO4. The second kappa shape index (κ2) is 5.82. The third-order valence-electron chi connectivity index (χ3n) is 2.24. The van der Waals surface area contributed by atoms with Crippen LogP contribution in [0.25, 0.3) is 0 Å². The molecule has 1 N–H and O–H groups in total. The Hall–Kier alpha value is -1.13. The normalized spacial score (nSPS) is 12.1. The zero-order valence-electron chi connectivity index (χ0n) is 9.49. The summed E-state index contributed by atoms with van der Waals surface area (Å²) >= 11 is 5.61. The molecule has 1 aromatic carbocycles. The predicted octanol–water partition coefficient (Wildman–Crippen LogP) is 1.98. The monoisotopic (exact) mass is 246 g/mol. The van der Waals surface area contributed by atoms with Crippen molar-refractivity contribution >= 4 is 11.6 Å². The van der Waals surface area contributed by atoms with Gasteiger partial charge in [-0.15, -0.1) is 11.6 Å². The van der Waals surface area contributed by atoms with Crippen molar-refractivity contribution in [3.63, 3.8) is 0 Å². The fourth-order valence-electron chi connectivity index (χ4n) is 1.40. The minimum absolute atomic E-state index is 0.0891. The molecule has 0 bridgehead atoms. The minimum Gasteiger partial charge on any atom is -0.496 e. The lowest BCUT2D eigenvalue weighted by Crippen LogP contribution is -2.03. The van der Waals surface area contributed by atoms with E-state index in [1.165, 1.54) is 21.3 Å². The molecular weight excluding hydrogens is 232 g/mol. The van der Waals surface area contributed by atoms with Crippen molar-refractivity contribution in [2.75, 3.05) is 27.2 Å². The van der Waals surface area contributed by atoms with E-state index in [-0.39, 0.29) is 5.88 Å². The van der Waals surface area contributed by atoms with Crippen molar-refractivity contribution in [1.29, 1.82) is 0 Å². The summed E-state index contributed by atoms with van der Waals surface area (Å²) < 4.78 is 15.4. The molecule has 1 unspecified atom stereocenters. The molecule has 0 saturated carbocycles. The van der Waals surface area contributed by atoms with Crippen molar-refractivity contribution in [1.82, 2.24) is 0 Å². The van der Waals surface area contributed by atoms with Crippen LogP contribution in [0.15, 0.2) is 12.1 Å². The Labute approximate surface area is 99.7 Å². The minimum atomic E-state index is -0.795. The number of ether oxygens (including phenoxy) is 3. The van der Waals surface area contributed by atoms with E-state index in [4.69, 9.17) is 25.8 Å². The molecule has 5 heteroatoms. The largest absolute Gasteiger partial charge is 0.496 e. The molecule has 0 aliphatic carbocycles. The number of halogens is 1. The lowest BCUT2D eigenvalue weighted by atomic mass is 10.1. The van der Waals surface area contributed by atoms with E-state index in [9.17, 15) is 5.11 Å². The van der Waals surface area contributed by atoms with Gasteiger partial charge in [0.05, 0.1) is 33.3 Å². The van der Waals surface area contributed by atoms with Crippen molar-refractivity contribution in [3.05, 3.63) is 17.7 Å². The van der Waals surface area contributed by atoms with E-state index < -0.39 is 6.10 Å². The van der Waals surface area contributed by atoms with Gasteiger partial charge in [-0.25, -0.2) is 0 Å². The zero-order chi connectivity index (χ0) is 12.1. The SMILES string of the molecule is COc1cc(OC)c(C(O)CCl)cc1OC. The summed E-state index contributed by atoms with van der Waals surface area (Å²) in [5, 5.41) is 9.72. The summed E-state index contributed by atoms with van der Waals surface area (Å²) in [6, 6.07) is 3.31. The number of methoxy groups -OCH3 is 3. The van der Waals surface area contributed by atoms with Crippen molar-refractivity contribution in [2.45, 2.75) is 6.10 Å². The number of aliphatic hydroxyl groups is 1. The van der Waals surface area contributed by atoms with E-state index in [1.54, 1.807) is 12.1 Å². The van der Waals surface area contributed by atoms with Gasteiger partial charge in [0, 0.05) is 11.6 Å². The quantitative estimate of drug-likeness (QED) is 0.808. The van der Waals surface area contributed by atoms with E-state index >= 15 is 0 Å². The number of benzene rings is 1. The average molecular weight is 247 g/mol. The van der Waals surface area contributed by atoms with Gasteiger partial charge in [0.2, 0.25) is 0 Å². The van der Waals surface area contributed by atoms with Crippen LogP contribution in [0.2, 0.25) is 0 Å². The van der Waals surface area contributed by atoms with Gasteiger partial charge in [-0.05, 0) is 6.07 Å². The van der Waals surface area contributed by atoms with Crippen LogP contribution in [0.3, 0.4) is 0 Å². The number of aliphatic hydroxyl groups excluding tert-OH is 1. The lowest BCUT2D eigenvalue weighted by Gasteiger charge is -2.16. The first-order chi connectivity index (χ1) is 7.67. The Balaban J connectivity index is 3.25. The molecule has 1 aromatic rings. The second-order valence-corrected chi connectivity index (χ2v) is 3.43. The number of hydrogen-bond acceptors (Lipinski definition) is 4. The van der Waals surface area contributed by atoms with E-state index in [0.717, 1.165) is 0 Å². The first kappa shape index (κ1) is 12.9. The summed E-state index contributed by atoms with van der Waals surface area (Å²) in [4.78, 5) is 0. The van der Waals surface area contributed by atoms with Crippen LogP contribution in [-0.2, 0) is 0 Å². The second-order valence-electron chi connectivity index (χ2n) is 3.12. The molecule has 1 atom stereocenters. The van der Waals surface area contributed by atoms with Crippen molar-refractivity contribution in [3.8, 4) is 17.2 Å². The van der Waals surface area contributed by atoms with Crippen LogP contribution in [0, 0.1) is 0 Å². The van der Waals surface area contributed by atoms with Crippen molar-refractivity contribution in [2.24, 2.45) is 0 Å². The van der Waals surface area contributed by atoms with Crippen LogP contribution < -0.4 is 14.2 Å². The topological polar surface area (TPSA) is 47.9 Å². The summed E-state index contributed by atoms with van der Waals surface area (Å²) in [7, 11) is 4.59. The van der Waals surface area contributed by atoms with Gasteiger partial charge in [0.1, 0.15) is 5.75 Å². The molecule has 0 amide bonds. The van der Waals surface area contributed by atoms with Crippen LogP contribution in [0.5, 0.6) is 17.2 Å². The molecule has 90 valence electrons. The molecule has 0 saturated heterocycles. The summed E-state index contributed by atoms with van der Waals surface area (Å²) in [6.45, 7) is 0. The van der Waals surface area contributed by atoms with Gasteiger partial charge in [0.15, 0.2) is 11.5 Å². The molecule has 0 aliphatic rings. The molecule has 0 aliphatic heterocycles. The molecule has 1 rings (SSSR count). The standard InChI is InChI=1S/C11H15ClO4/c1-14-9-5-11(16-3)10(15-2)4-7(9)8(13)6-12/h4-5,8,13H,6H2,1-3H3. The molecule has 0 heterocycles. The average Bonchev–Trinajstić information content (AvgIpc) is 2.35. The Morgan fingerprint density at radius 1 is 1.06 bits per heavy atom. The van der Waals surface area contributed by atoms with Crippen LogP contribution in [-0.4, -0.2) is 32.3 Å². The maximum atomic E-state index is 9.72. The maximum Gasteiger partial charge on any atom is 0.164 e. The molecule has 0 spiro atoms. The van der Waals surface area contributed by atoms with E-state index in [2.05, 4.69) is 0 Å². The summed E-state index contributed by atoms with van der Waals surface area (Å²) in [5.74, 6) is 1.68. The van der Waals surface area contributed by atoms with Crippen LogP contribution in [0.1, 0.15) is 11.7 Å². The highest BCUT2D eigenvalue weighted by Crippen LogP contribution is 2.37. The van der Waals surface area contributed by atoms with E-state index in [1.807, 2.05) is 0 Å². The first-order valence-corrected chi connectivity index (χ1v) is 5.25. The smallest absolute Gasteiger partial charge is 0.164 e. The van der Waals surface area contributed by atoms with Gasteiger partial charge < -0.3 is 19.3 Å². The fourth-order valence-corrected chi connectivity index (χ4v) is 1.56. The highest BCUT2D eigenvalue weighted by atomic mass is 35.5. The molecule has 0 aromatic heterocycles. The van der Waals surface area contributed by atoms with Gasteiger partial charge in [-0.1, -0.05) is 0 Å². The highest BCUT2D eigenvalue weighted by molar-refractivity contribution is 6.18.